The second kappa shape index (κ2) is 9.69. The maximum absolute atomic E-state index is 13.9. The van der Waals surface area contributed by atoms with Gasteiger partial charge in [-0.2, -0.15) is 0 Å². The third kappa shape index (κ3) is 4.72. The van der Waals surface area contributed by atoms with E-state index in [2.05, 4.69) is 34.4 Å². The number of carbonyl (C=O) groups is 2. The van der Waals surface area contributed by atoms with Gasteiger partial charge in [0.2, 0.25) is 5.91 Å². The van der Waals surface area contributed by atoms with E-state index in [9.17, 15) is 9.59 Å². The molecule has 4 aliphatic rings. The Bertz CT molecular complexity index is 687. The molecule has 3 fully saturated rings. The molecule has 30 heavy (non-hydrogen) atoms. The second-order valence-corrected chi connectivity index (χ2v) is 13.1. The molecule has 1 spiro atoms. The second-order valence-electron chi connectivity index (χ2n) is 9.53. The van der Waals surface area contributed by atoms with Crippen molar-refractivity contribution in [3.05, 3.63) is 10.6 Å². The molecule has 0 radical (unpaired) electrons. The first-order valence-corrected chi connectivity index (χ1v) is 13.6. The molecule has 168 valence electrons. The highest BCUT2D eigenvalue weighted by Crippen LogP contribution is 2.47. The Labute approximate surface area is 198 Å². The van der Waals surface area contributed by atoms with Crippen molar-refractivity contribution in [1.82, 2.24) is 4.90 Å². The van der Waals surface area contributed by atoms with Crippen molar-refractivity contribution in [1.29, 1.82) is 0 Å². The van der Waals surface area contributed by atoms with E-state index < -0.39 is 0 Å². The van der Waals surface area contributed by atoms with E-state index in [-0.39, 0.29) is 32.7 Å². The molecular formula is C23H34INO4S. The molecule has 0 aromatic heterocycles. The number of halogens is 1. The van der Waals surface area contributed by atoms with Gasteiger partial charge in [0.15, 0.2) is 0 Å². The van der Waals surface area contributed by atoms with E-state index >= 15 is 0 Å². The number of carbonyl (C=O) groups excluding carboxylic acids is 2. The number of methoxy groups -OCH3 is 1. The van der Waals surface area contributed by atoms with Gasteiger partial charge in [0.05, 0.1) is 16.0 Å². The predicted molar refractivity (Wildman–Crippen MR) is 127 cm³/mol. The number of thioether (sulfide) groups is 1. The van der Waals surface area contributed by atoms with E-state index in [0.717, 1.165) is 82.9 Å². The fourth-order valence-electron chi connectivity index (χ4n) is 5.72. The summed E-state index contributed by atoms with van der Waals surface area (Å²) in [5.74, 6) is 0.750. The van der Waals surface area contributed by atoms with Crippen LogP contribution in [-0.4, -0.2) is 45.4 Å². The van der Waals surface area contributed by atoms with Crippen LogP contribution in [0.25, 0.3) is 0 Å². The van der Waals surface area contributed by atoms with Crippen LogP contribution in [0.5, 0.6) is 0 Å². The van der Waals surface area contributed by atoms with Crippen LogP contribution in [0.2, 0.25) is 0 Å². The minimum atomic E-state index is -0.296. The first kappa shape index (κ1) is 22.9. The number of rotatable bonds is 4. The molecule has 2 heterocycles. The number of amides is 1. The summed E-state index contributed by atoms with van der Waals surface area (Å²) in [6, 6.07) is 0.170. The van der Waals surface area contributed by atoms with Crippen LogP contribution in [-0.2, 0) is 19.1 Å². The van der Waals surface area contributed by atoms with Gasteiger partial charge in [-0.15, -0.1) is 11.8 Å². The third-order valence-corrected chi connectivity index (χ3v) is 9.81. The molecule has 5 nitrogen and oxygen atoms in total. The number of ether oxygens (including phenoxy) is 2. The highest BCUT2D eigenvalue weighted by Gasteiger charge is 2.45. The van der Waals surface area contributed by atoms with E-state index in [1.807, 2.05) is 0 Å². The number of hydrogen-bond donors (Lipinski definition) is 0. The minimum Gasteiger partial charge on any atom is -0.465 e. The monoisotopic (exact) mass is 547 g/mol. The zero-order chi connectivity index (χ0) is 21.3. The van der Waals surface area contributed by atoms with Crippen LogP contribution in [0.1, 0.15) is 77.6 Å². The van der Waals surface area contributed by atoms with Gasteiger partial charge in [-0.05, 0) is 70.1 Å². The summed E-state index contributed by atoms with van der Waals surface area (Å²) in [5, 5.41) is 0. The zero-order valence-electron chi connectivity index (χ0n) is 18.2. The van der Waals surface area contributed by atoms with Crippen molar-refractivity contribution in [2.75, 3.05) is 13.7 Å². The molecule has 1 amide bonds. The van der Waals surface area contributed by atoms with Gasteiger partial charge in [0.1, 0.15) is 4.91 Å². The molecule has 0 bridgehead atoms. The standard InChI is InChI=1S/C23H34INO4S/c1-15-4-6-16(7-5-15)21(26)25(18-14-19(24)30-20(18)22(27)28-2)17-8-11-23(12-9-17)10-3-13-29-23/h15-17,19H,3-14H2,1-2H3. The molecule has 1 unspecified atom stereocenters. The van der Waals surface area contributed by atoms with Crippen LogP contribution in [0.15, 0.2) is 10.6 Å². The van der Waals surface area contributed by atoms with Gasteiger partial charge in [-0.25, -0.2) is 4.79 Å². The van der Waals surface area contributed by atoms with E-state index in [4.69, 9.17) is 9.47 Å². The van der Waals surface area contributed by atoms with Crippen molar-refractivity contribution in [3.63, 3.8) is 0 Å². The maximum atomic E-state index is 13.9. The SMILES string of the molecule is COC(=O)C1=C(N(C(=O)C2CCC(C)CC2)C2CCC3(CCCO3)CC2)CC(I)S1. The predicted octanol–water partition coefficient (Wildman–Crippen LogP) is 5.42. The van der Waals surface area contributed by atoms with Gasteiger partial charge in [-0.3, -0.25) is 4.79 Å². The van der Waals surface area contributed by atoms with Crippen molar-refractivity contribution < 1.29 is 19.1 Å². The summed E-state index contributed by atoms with van der Waals surface area (Å²) >= 11 is 3.93. The molecular weight excluding hydrogens is 513 g/mol. The number of hydrogen-bond acceptors (Lipinski definition) is 5. The first-order chi connectivity index (χ1) is 14.4. The van der Waals surface area contributed by atoms with Crippen LogP contribution in [0.4, 0.5) is 0 Å². The smallest absolute Gasteiger partial charge is 0.346 e. The summed E-state index contributed by atoms with van der Waals surface area (Å²) in [4.78, 5) is 29.1. The zero-order valence-corrected chi connectivity index (χ0v) is 21.1. The largest absolute Gasteiger partial charge is 0.465 e. The van der Waals surface area contributed by atoms with Gasteiger partial charge in [0.25, 0.3) is 0 Å². The Morgan fingerprint density at radius 2 is 1.83 bits per heavy atom. The molecule has 1 saturated heterocycles. The van der Waals surface area contributed by atoms with E-state index in [1.165, 1.54) is 7.11 Å². The summed E-state index contributed by atoms with van der Waals surface area (Å²) in [5.41, 5.74) is 0.963. The quantitative estimate of drug-likeness (QED) is 0.268. The number of allylic oxidation sites excluding steroid dienone is 1. The van der Waals surface area contributed by atoms with Crippen LogP contribution in [0.3, 0.4) is 0 Å². The lowest BCUT2D eigenvalue weighted by Crippen LogP contribution is -2.48. The number of alkyl halides is 1. The summed E-state index contributed by atoms with van der Waals surface area (Å²) in [7, 11) is 1.44. The van der Waals surface area contributed by atoms with Crippen molar-refractivity contribution in [3.8, 4) is 0 Å². The van der Waals surface area contributed by atoms with Gasteiger partial charge in [0, 0.05) is 30.7 Å². The van der Waals surface area contributed by atoms with Crippen molar-refractivity contribution in [2.45, 2.75) is 92.5 Å². The first-order valence-electron chi connectivity index (χ1n) is 11.5. The lowest BCUT2D eigenvalue weighted by atomic mass is 9.78. The van der Waals surface area contributed by atoms with Gasteiger partial charge >= 0.3 is 5.97 Å². The normalized spacial score (nSPS) is 36.9. The fourth-order valence-corrected chi connectivity index (χ4v) is 7.90. The molecule has 1 atom stereocenters. The highest BCUT2D eigenvalue weighted by atomic mass is 127. The highest BCUT2D eigenvalue weighted by molar-refractivity contribution is 14.1. The third-order valence-electron chi connectivity index (χ3n) is 7.54. The van der Waals surface area contributed by atoms with Gasteiger partial charge in [-0.1, -0.05) is 29.5 Å². The minimum absolute atomic E-state index is 0.0429. The fraction of sp³-hybridized carbons (Fsp3) is 0.826. The lowest BCUT2D eigenvalue weighted by molar-refractivity contribution is -0.139. The Kier molecular flexibility index (Phi) is 7.40. The molecule has 7 heteroatoms. The Hall–Kier alpha value is -0.280. The molecule has 2 saturated carbocycles. The molecule has 2 aliphatic heterocycles. The summed E-state index contributed by atoms with van der Waals surface area (Å²) in [6.45, 7) is 3.16. The molecule has 2 aliphatic carbocycles. The Balaban J connectivity index is 1.60. The Morgan fingerprint density at radius 3 is 2.43 bits per heavy atom. The summed E-state index contributed by atoms with van der Waals surface area (Å²) < 4.78 is 11.5. The maximum Gasteiger partial charge on any atom is 0.346 e. The average Bonchev–Trinajstić information content (AvgIpc) is 3.36. The van der Waals surface area contributed by atoms with Gasteiger partial charge < -0.3 is 14.4 Å². The van der Waals surface area contributed by atoms with Crippen molar-refractivity contribution >= 4 is 46.2 Å². The van der Waals surface area contributed by atoms with Crippen LogP contribution in [0, 0.1) is 11.8 Å². The van der Waals surface area contributed by atoms with Crippen LogP contribution < -0.4 is 0 Å². The van der Waals surface area contributed by atoms with Crippen molar-refractivity contribution in [2.24, 2.45) is 11.8 Å². The molecule has 4 rings (SSSR count). The molecule has 0 aromatic carbocycles. The average molecular weight is 547 g/mol. The molecule has 0 N–H and O–H groups in total. The van der Waals surface area contributed by atoms with E-state index in [1.54, 1.807) is 11.8 Å². The van der Waals surface area contributed by atoms with E-state index in [0.29, 0.717) is 10.8 Å². The number of nitrogens with zero attached hydrogens (tertiary/aromatic N) is 1. The van der Waals surface area contributed by atoms with Crippen LogP contribution >= 0.6 is 34.4 Å². The summed E-state index contributed by atoms with van der Waals surface area (Å²) in [6.07, 6.45) is 11.2. The molecule has 0 aromatic rings. The Morgan fingerprint density at radius 1 is 1.13 bits per heavy atom. The topological polar surface area (TPSA) is 55.8 Å². The lowest BCUT2D eigenvalue weighted by Gasteiger charge is -2.43. The number of esters is 1.